The van der Waals surface area contributed by atoms with Crippen molar-refractivity contribution in [2.75, 3.05) is 59.0 Å². The van der Waals surface area contributed by atoms with E-state index in [1.54, 1.807) is 38.5 Å². The highest BCUT2D eigenvalue weighted by atomic mass is 32.2. The number of benzene rings is 3. The molecule has 0 radical (unpaired) electrons. The summed E-state index contributed by atoms with van der Waals surface area (Å²) in [5, 5.41) is 15.5. The first-order valence-electron chi connectivity index (χ1n) is 13.3. The summed E-state index contributed by atoms with van der Waals surface area (Å²) < 4.78 is 28.3. The quantitative estimate of drug-likeness (QED) is 0.347. The summed E-state index contributed by atoms with van der Waals surface area (Å²) in [5.74, 6) is 2.07. The van der Waals surface area contributed by atoms with Gasteiger partial charge in [-0.1, -0.05) is 23.9 Å². The van der Waals surface area contributed by atoms with Gasteiger partial charge in [0.15, 0.2) is 17.0 Å². The monoisotopic (exact) mass is 576 g/mol. The minimum atomic E-state index is -0.944. The molecule has 10 nitrogen and oxygen atoms in total. The molecule has 41 heavy (non-hydrogen) atoms. The third-order valence-corrected chi connectivity index (χ3v) is 7.79. The Balaban J connectivity index is 1.27. The molecular weight excluding hydrogens is 544 g/mol. The average Bonchev–Trinajstić information content (AvgIpc) is 3.41. The van der Waals surface area contributed by atoms with Gasteiger partial charge in [-0.05, 0) is 42.5 Å². The fourth-order valence-corrected chi connectivity index (χ4v) is 5.55. The Labute approximate surface area is 243 Å². The summed E-state index contributed by atoms with van der Waals surface area (Å²) in [4.78, 5) is 16.9. The van der Waals surface area contributed by atoms with E-state index in [2.05, 4.69) is 21.6 Å². The number of nitriles is 1. The average molecular weight is 577 g/mol. The molecule has 0 spiro atoms. The van der Waals surface area contributed by atoms with E-state index in [4.69, 9.17) is 28.9 Å². The number of thioether (sulfide) groups is 1. The Morgan fingerprint density at radius 2 is 1.76 bits per heavy atom. The molecule has 0 bridgehead atoms. The van der Waals surface area contributed by atoms with Crippen molar-refractivity contribution < 1.29 is 28.5 Å². The lowest BCUT2D eigenvalue weighted by Gasteiger charge is -2.26. The first-order valence-corrected chi connectivity index (χ1v) is 14.1. The topological polar surface area (TPSA) is 114 Å². The van der Waals surface area contributed by atoms with Gasteiger partial charge < -0.3 is 34.3 Å². The Kier molecular flexibility index (Phi) is 9.36. The van der Waals surface area contributed by atoms with Crippen LogP contribution >= 0.6 is 11.8 Å². The van der Waals surface area contributed by atoms with Gasteiger partial charge in [0.2, 0.25) is 6.10 Å². The van der Waals surface area contributed by atoms with E-state index in [9.17, 15) is 4.79 Å². The maximum absolute atomic E-state index is 13.6. The van der Waals surface area contributed by atoms with E-state index in [1.165, 1.54) is 11.8 Å². The summed E-state index contributed by atoms with van der Waals surface area (Å²) in [6.07, 6.45) is -0.944. The third-order valence-electron chi connectivity index (χ3n) is 6.73. The molecule has 2 heterocycles. The Morgan fingerprint density at radius 3 is 2.44 bits per heavy atom. The van der Waals surface area contributed by atoms with E-state index in [1.807, 2.05) is 36.4 Å². The van der Waals surface area contributed by atoms with Gasteiger partial charge >= 0.3 is 0 Å². The van der Waals surface area contributed by atoms with E-state index in [0.29, 0.717) is 40.7 Å². The SMILES string of the molecule is COc1cc2c(cc1OC)SC(NC(=O)C(Oc1ccc(C#N)cc1)c1ccc(OCCN3CCOCC3)cc1)N2. The van der Waals surface area contributed by atoms with E-state index in [-0.39, 0.29) is 5.91 Å². The predicted molar refractivity (Wildman–Crippen MR) is 155 cm³/mol. The molecule has 2 unspecified atom stereocenters. The van der Waals surface area contributed by atoms with Crippen molar-refractivity contribution >= 4 is 23.4 Å². The fourth-order valence-electron chi connectivity index (χ4n) is 4.51. The zero-order valence-electron chi connectivity index (χ0n) is 22.9. The number of morpholine rings is 1. The minimum Gasteiger partial charge on any atom is -0.493 e. The molecule has 3 aromatic rings. The molecule has 0 saturated carbocycles. The van der Waals surface area contributed by atoms with Gasteiger partial charge in [-0.3, -0.25) is 9.69 Å². The summed E-state index contributed by atoms with van der Waals surface area (Å²) >= 11 is 1.46. The number of anilines is 1. The van der Waals surface area contributed by atoms with Crippen molar-refractivity contribution in [1.29, 1.82) is 5.26 Å². The molecule has 1 saturated heterocycles. The van der Waals surface area contributed by atoms with Crippen LogP contribution in [0.2, 0.25) is 0 Å². The number of carbonyl (C=O) groups is 1. The number of fused-ring (bicyclic) bond motifs is 1. The summed E-state index contributed by atoms with van der Waals surface area (Å²) in [6, 6.07) is 19.8. The smallest absolute Gasteiger partial charge is 0.268 e. The van der Waals surface area contributed by atoms with E-state index in [0.717, 1.165) is 43.4 Å². The maximum Gasteiger partial charge on any atom is 0.268 e. The largest absolute Gasteiger partial charge is 0.493 e. The molecule has 0 aliphatic carbocycles. The van der Waals surface area contributed by atoms with Crippen LogP contribution in [0.3, 0.4) is 0 Å². The molecule has 214 valence electrons. The van der Waals surface area contributed by atoms with Crippen molar-refractivity contribution in [3.05, 3.63) is 71.8 Å². The lowest BCUT2D eigenvalue weighted by atomic mass is 10.1. The summed E-state index contributed by atoms with van der Waals surface area (Å²) in [5.41, 5.74) is 1.58. The Morgan fingerprint density at radius 1 is 1.07 bits per heavy atom. The second-order valence-corrected chi connectivity index (χ2v) is 10.5. The summed E-state index contributed by atoms with van der Waals surface area (Å²) in [7, 11) is 3.17. The van der Waals surface area contributed by atoms with Crippen LogP contribution in [-0.4, -0.2) is 70.0 Å². The number of hydrogen-bond acceptors (Lipinski definition) is 10. The first-order chi connectivity index (χ1) is 20.1. The normalized spacial score (nSPS) is 17.0. The second-order valence-electron chi connectivity index (χ2n) is 9.36. The second kappa shape index (κ2) is 13.5. The molecule has 3 aromatic carbocycles. The number of ether oxygens (including phenoxy) is 5. The molecule has 2 N–H and O–H groups in total. The van der Waals surface area contributed by atoms with E-state index < -0.39 is 11.6 Å². The van der Waals surface area contributed by atoms with Crippen LogP contribution < -0.4 is 29.6 Å². The van der Waals surface area contributed by atoms with Crippen molar-refractivity contribution in [2.45, 2.75) is 16.5 Å². The molecule has 2 aliphatic rings. The molecule has 5 rings (SSSR count). The highest BCUT2D eigenvalue weighted by molar-refractivity contribution is 8.00. The van der Waals surface area contributed by atoms with E-state index >= 15 is 0 Å². The molecule has 2 atom stereocenters. The molecule has 2 aliphatic heterocycles. The van der Waals surface area contributed by atoms with Gasteiger partial charge in [0.25, 0.3) is 5.91 Å². The first kappa shape index (κ1) is 28.4. The highest BCUT2D eigenvalue weighted by Crippen LogP contribution is 2.44. The van der Waals surface area contributed by atoms with Crippen LogP contribution in [0.4, 0.5) is 5.69 Å². The van der Waals surface area contributed by atoms with Crippen LogP contribution in [0, 0.1) is 11.3 Å². The molecular formula is C30H32N4O6S. The number of carbonyl (C=O) groups excluding carboxylic acids is 1. The minimum absolute atomic E-state index is 0.327. The van der Waals surface area contributed by atoms with Gasteiger partial charge in [-0.15, -0.1) is 0 Å². The lowest BCUT2D eigenvalue weighted by molar-refractivity contribution is -0.128. The number of nitrogens with one attached hydrogen (secondary N) is 2. The lowest BCUT2D eigenvalue weighted by Crippen LogP contribution is -2.40. The highest BCUT2D eigenvalue weighted by Gasteiger charge is 2.30. The van der Waals surface area contributed by atoms with Crippen LogP contribution in [0.1, 0.15) is 17.2 Å². The Bertz CT molecular complexity index is 1340. The molecule has 1 fully saturated rings. The molecule has 1 amide bonds. The van der Waals surface area contributed by atoms with Crippen LogP contribution in [0.5, 0.6) is 23.0 Å². The number of methoxy groups -OCH3 is 2. The zero-order valence-corrected chi connectivity index (χ0v) is 23.7. The molecule has 11 heteroatoms. The van der Waals surface area contributed by atoms with Crippen LogP contribution in [0.15, 0.2) is 65.6 Å². The van der Waals surface area contributed by atoms with Gasteiger partial charge in [0, 0.05) is 36.2 Å². The molecule has 0 aromatic heterocycles. The van der Waals surface area contributed by atoms with Gasteiger partial charge in [0.1, 0.15) is 18.1 Å². The standard InChI is InChI=1S/C30H32N4O6S/c1-36-25-17-24-27(18-26(25)37-2)41-30(32-24)33-29(35)28(40-23-7-3-20(19-31)4-8-23)21-5-9-22(10-6-21)39-16-13-34-11-14-38-15-12-34/h3-10,17-18,28,30,32H,11-16H2,1-2H3,(H,33,35). The van der Waals surface area contributed by atoms with Crippen molar-refractivity contribution in [1.82, 2.24) is 10.2 Å². The van der Waals surface area contributed by atoms with Crippen molar-refractivity contribution in [2.24, 2.45) is 0 Å². The van der Waals surface area contributed by atoms with Gasteiger partial charge in [-0.2, -0.15) is 5.26 Å². The zero-order chi connectivity index (χ0) is 28.6. The van der Waals surface area contributed by atoms with Crippen molar-refractivity contribution in [3.63, 3.8) is 0 Å². The van der Waals surface area contributed by atoms with Crippen molar-refractivity contribution in [3.8, 4) is 29.1 Å². The van der Waals surface area contributed by atoms with Crippen LogP contribution in [0.25, 0.3) is 0 Å². The number of hydrogen-bond donors (Lipinski definition) is 2. The van der Waals surface area contributed by atoms with Gasteiger partial charge in [0.05, 0.1) is 44.8 Å². The number of rotatable bonds is 11. The maximum atomic E-state index is 13.6. The van der Waals surface area contributed by atoms with Gasteiger partial charge in [-0.25, -0.2) is 0 Å². The van der Waals surface area contributed by atoms with Crippen LogP contribution in [-0.2, 0) is 9.53 Å². The summed E-state index contributed by atoms with van der Waals surface area (Å²) in [6.45, 7) is 4.70. The number of nitrogens with zero attached hydrogens (tertiary/aromatic N) is 2. The predicted octanol–water partition coefficient (Wildman–Crippen LogP) is 4.02. The fraction of sp³-hybridized carbons (Fsp3) is 0.333. The third kappa shape index (κ3) is 7.16. The Hall–Kier alpha value is -4.11. The number of amides is 1.